The topological polar surface area (TPSA) is 102 Å². The smallest absolute Gasteiger partial charge is 0.305 e. The highest BCUT2D eigenvalue weighted by molar-refractivity contribution is 5.67. The quantitative estimate of drug-likeness (QED) is 0.649. The molecule has 0 aliphatic carbocycles. The zero-order chi connectivity index (χ0) is 10.7. The second-order valence-electron chi connectivity index (χ2n) is 3.18. The van der Waals surface area contributed by atoms with Crippen molar-refractivity contribution in [1.82, 2.24) is 4.98 Å². The fourth-order valence-corrected chi connectivity index (χ4v) is 1.12. The van der Waals surface area contributed by atoms with Gasteiger partial charge in [0.05, 0.1) is 6.42 Å². The second-order valence-corrected chi connectivity index (χ2v) is 3.18. The molecule has 1 atom stereocenters. The molecule has 5 N–H and O–H groups in total. The summed E-state index contributed by atoms with van der Waals surface area (Å²) in [5, 5.41) is 8.54. The molecule has 0 bridgehead atoms. The highest BCUT2D eigenvalue weighted by Gasteiger charge is 2.11. The molecule has 5 heteroatoms. The standard InChI is InChI=1S/C9H13N3O2/c1-5-2-6(4-12-9(5)11)7(10)3-8(13)14/h2,4,7H,3,10H2,1H3,(H2,11,12)(H,13,14)/t7-/m1/s1. The van der Waals surface area contributed by atoms with Gasteiger partial charge in [0.15, 0.2) is 0 Å². The second kappa shape index (κ2) is 4.06. The summed E-state index contributed by atoms with van der Waals surface area (Å²) in [5.74, 6) is -0.483. The van der Waals surface area contributed by atoms with Crippen LogP contribution >= 0.6 is 0 Å². The van der Waals surface area contributed by atoms with Crippen LogP contribution in [0.25, 0.3) is 0 Å². The minimum absolute atomic E-state index is 0.106. The van der Waals surface area contributed by atoms with Gasteiger partial charge in [0.1, 0.15) is 5.82 Å². The number of hydrogen-bond donors (Lipinski definition) is 3. The fourth-order valence-electron chi connectivity index (χ4n) is 1.12. The van der Waals surface area contributed by atoms with E-state index in [1.807, 2.05) is 0 Å². The average molecular weight is 195 g/mol. The molecular weight excluding hydrogens is 182 g/mol. The van der Waals surface area contributed by atoms with E-state index in [1.165, 1.54) is 6.20 Å². The molecule has 5 nitrogen and oxygen atoms in total. The van der Waals surface area contributed by atoms with Crippen LogP contribution in [0, 0.1) is 6.92 Å². The number of nitrogens with two attached hydrogens (primary N) is 2. The van der Waals surface area contributed by atoms with Crippen molar-refractivity contribution in [3.8, 4) is 0 Å². The third kappa shape index (κ3) is 2.43. The van der Waals surface area contributed by atoms with Crippen LogP contribution in [0.2, 0.25) is 0 Å². The van der Waals surface area contributed by atoms with Crippen LogP contribution < -0.4 is 11.5 Å². The molecule has 0 fully saturated rings. The Morgan fingerprint density at radius 1 is 1.71 bits per heavy atom. The minimum Gasteiger partial charge on any atom is -0.481 e. The lowest BCUT2D eigenvalue weighted by molar-refractivity contribution is -0.137. The number of nitrogens with zero attached hydrogens (tertiary/aromatic N) is 1. The molecule has 0 saturated carbocycles. The van der Waals surface area contributed by atoms with Crippen molar-refractivity contribution in [3.63, 3.8) is 0 Å². The molecule has 0 amide bonds. The molecule has 76 valence electrons. The first kappa shape index (κ1) is 10.5. The molecule has 14 heavy (non-hydrogen) atoms. The maximum atomic E-state index is 10.4. The van der Waals surface area contributed by atoms with Gasteiger partial charge in [-0.05, 0) is 24.1 Å². The summed E-state index contributed by atoms with van der Waals surface area (Å²) in [6.45, 7) is 1.80. The Morgan fingerprint density at radius 3 is 2.86 bits per heavy atom. The zero-order valence-corrected chi connectivity index (χ0v) is 7.90. The van der Waals surface area contributed by atoms with E-state index in [0.29, 0.717) is 11.4 Å². The molecule has 1 aromatic heterocycles. The van der Waals surface area contributed by atoms with Gasteiger partial charge in [-0.2, -0.15) is 0 Å². The number of rotatable bonds is 3. The lowest BCUT2D eigenvalue weighted by Crippen LogP contribution is -2.15. The summed E-state index contributed by atoms with van der Waals surface area (Å²) in [4.78, 5) is 14.3. The van der Waals surface area contributed by atoms with E-state index < -0.39 is 12.0 Å². The minimum atomic E-state index is -0.924. The molecule has 1 rings (SSSR count). The first-order chi connectivity index (χ1) is 6.50. The number of aliphatic carboxylic acids is 1. The van der Waals surface area contributed by atoms with E-state index >= 15 is 0 Å². The van der Waals surface area contributed by atoms with Gasteiger partial charge in [-0.3, -0.25) is 4.79 Å². The molecule has 1 heterocycles. The maximum Gasteiger partial charge on any atom is 0.305 e. The highest BCUT2D eigenvalue weighted by Crippen LogP contribution is 2.16. The maximum absolute atomic E-state index is 10.4. The molecule has 0 aliphatic rings. The van der Waals surface area contributed by atoms with Crippen LogP contribution in [0.4, 0.5) is 5.82 Å². The highest BCUT2D eigenvalue weighted by atomic mass is 16.4. The number of aryl methyl sites for hydroxylation is 1. The predicted octanol–water partition coefficient (Wildman–Crippen LogP) is 0.447. The number of carboxylic acid groups (broad SMARTS) is 1. The molecule has 1 aromatic rings. The van der Waals surface area contributed by atoms with Gasteiger partial charge in [0.25, 0.3) is 0 Å². The normalized spacial score (nSPS) is 12.4. The van der Waals surface area contributed by atoms with Gasteiger partial charge < -0.3 is 16.6 Å². The molecule has 0 saturated heterocycles. The molecule has 0 spiro atoms. The summed E-state index contributed by atoms with van der Waals surface area (Å²) >= 11 is 0. The number of hydrogen-bond acceptors (Lipinski definition) is 4. The Balaban J connectivity index is 2.85. The summed E-state index contributed by atoms with van der Waals surface area (Å²) in [6, 6.07) is 1.23. The van der Waals surface area contributed by atoms with E-state index in [2.05, 4.69) is 4.98 Å². The largest absolute Gasteiger partial charge is 0.481 e. The summed E-state index contributed by atoms with van der Waals surface area (Å²) in [5.41, 5.74) is 12.7. The first-order valence-electron chi connectivity index (χ1n) is 4.20. The van der Waals surface area contributed by atoms with E-state index in [0.717, 1.165) is 5.56 Å². The van der Waals surface area contributed by atoms with E-state index in [-0.39, 0.29) is 6.42 Å². The van der Waals surface area contributed by atoms with E-state index in [4.69, 9.17) is 16.6 Å². The van der Waals surface area contributed by atoms with Gasteiger partial charge in [0.2, 0.25) is 0 Å². The Bertz CT molecular complexity index is 352. The molecule has 0 aromatic carbocycles. The number of pyridine rings is 1. The number of aromatic nitrogens is 1. The van der Waals surface area contributed by atoms with Crippen LogP contribution in [-0.2, 0) is 4.79 Å². The fraction of sp³-hybridized carbons (Fsp3) is 0.333. The number of nitrogen functional groups attached to an aromatic ring is 1. The van der Waals surface area contributed by atoms with Crippen LogP contribution in [0.15, 0.2) is 12.3 Å². The van der Waals surface area contributed by atoms with Crippen molar-refractivity contribution < 1.29 is 9.90 Å². The van der Waals surface area contributed by atoms with Crippen molar-refractivity contribution >= 4 is 11.8 Å². The SMILES string of the molecule is Cc1cc([C@H](N)CC(=O)O)cnc1N. The average Bonchev–Trinajstić information content (AvgIpc) is 2.08. The van der Waals surface area contributed by atoms with E-state index in [1.54, 1.807) is 13.0 Å². The number of anilines is 1. The molecule has 0 radical (unpaired) electrons. The van der Waals surface area contributed by atoms with Crippen LogP contribution in [0.1, 0.15) is 23.6 Å². The van der Waals surface area contributed by atoms with Gasteiger partial charge in [0, 0.05) is 12.2 Å². The summed E-state index contributed by atoms with van der Waals surface area (Å²) in [7, 11) is 0. The van der Waals surface area contributed by atoms with Crippen molar-refractivity contribution in [3.05, 3.63) is 23.4 Å². The van der Waals surface area contributed by atoms with Crippen molar-refractivity contribution in [2.45, 2.75) is 19.4 Å². The van der Waals surface area contributed by atoms with Gasteiger partial charge in [-0.15, -0.1) is 0 Å². The lowest BCUT2D eigenvalue weighted by atomic mass is 10.1. The van der Waals surface area contributed by atoms with Gasteiger partial charge in [-0.1, -0.05) is 0 Å². The number of carbonyl (C=O) groups is 1. The Hall–Kier alpha value is -1.62. The number of carboxylic acids is 1. The van der Waals surface area contributed by atoms with Crippen molar-refractivity contribution in [2.24, 2.45) is 5.73 Å². The molecule has 0 aliphatic heterocycles. The van der Waals surface area contributed by atoms with Crippen molar-refractivity contribution in [1.29, 1.82) is 0 Å². The van der Waals surface area contributed by atoms with Gasteiger partial charge in [-0.25, -0.2) is 4.98 Å². The molecule has 0 unspecified atom stereocenters. The third-order valence-electron chi connectivity index (χ3n) is 1.96. The predicted molar refractivity (Wildman–Crippen MR) is 52.6 cm³/mol. The summed E-state index contributed by atoms with van der Waals surface area (Å²) < 4.78 is 0. The summed E-state index contributed by atoms with van der Waals surface area (Å²) in [6.07, 6.45) is 1.40. The first-order valence-corrected chi connectivity index (χ1v) is 4.20. The Labute approximate surface area is 81.7 Å². The Kier molecular flexibility index (Phi) is 3.03. The van der Waals surface area contributed by atoms with Gasteiger partial charge >= 0.3 is 5.97 Å². The Morgan fingerprint density at radius 2 is 2.36 bits per heavy atom. The van der Waals surface area contributed by atoms with Crippen LogP contribution in [0.5, 0.6) is 0 Å². The van der Waals surface area contributed by atoms with Crippen molar-refractivity contribution in [2.75, 3.05) is 5.73 Å². The van der Waals surface area contributed by atoms with Crippen LogP contribution in [0.3, 0.4) is 0 Å². The van der Waals surface area contributed by atoms with E-state index in [9.17, 15) is 4.79 Å². The zero-order valence-electron chi connectivity index (χ0n) is 7.90. The van der Waals surface area contributed by atoms with Crippen LogP contribution in [-0.4, -0.2) is 16.1 Å². The monoisotopic (exact) mass is 195 g/mol. The lowest BCUT2D eigenvalue weighted by Gasteiger charge is -2.10. The molecular formula is C9H13N3O2. The third-order valence-corrected chi connectivity index (χ3v) is 1.96.